The SMILES string of the molecule is CCOP(=O)(CP(=O)(OCC)C(O)c1ccc(OC)cc1)OCC. The largest absolute Gasteiger partial charge is 0.497 e. The van der Waals surface area contributed by atoms with E-state index in [0.29, 0.717) is 11.3 Å². The van der Waals surface area contributed by atoms with Crippen molar-refractivity contribution in [2.24, 2.45) is 0 Å². The van der Waals surface area contributed by atoms with Gasteiger partial charge in [-0.1, -0.05) is 12.1 Å². The Balaban J connectivity index is 3.11. The average molecular weight is 380 g/mol. The van der Waals surface area contributed by atoms with Gasteiger partial charge in [-0.15, -0.1) is 0 Å². The Bertz CT molecular complexity index is 578. The Morgan fingerprint density at radius 3 is 1.88 bits per heavy atom. The summed E-state index contributed by atoms with van der Waals surface area (Å²) in [5.74, 6) is -1.31. The zero-order chi connectivity index (χ0) is 18.2. The zero-order valence-electron chi connectivity index (χ0n) is 14.5. The van der Waals surface area contributed by atoms with E-state index in [1.54, 1.807) is 45.0 Å². The molecule has 2 atom stereocenters. The van der Waals surface area contributed by atoms with E-state index >= 15 is 0 Å². The number of methoxy groups -OCH3 is 1. The van der Waals surface area contributed by atoms with Crippen LogP contribution in [0.25, 0.3) is 0 Å². The fourth-order valence-corrected chi connectivity index (χ4v) is 7.76. The van der Waals surface area contributed by atoms with Crippen molar-refractivity contribution in [1.29, 1.82) is 0 Å². The molecule has 1 rings (SSSR count). The van der Waals surface area contributed by atoms with Crippen LogP contribution in [0.3, 0.4) is 0 Å². The highest BCUT2D eigenvalue weighted by Gasteiger charge is 2.42. The normalized spacial score (nSPS) is 15.7. The molecule has 0 saturated heterocycles. The summed E-state index contributed by atoms with van der Waals surface area (Å²) in [5, 5.41) is 10.6. The molecule has 0 aliphatic heterocycles. The van der Waals surface area contributed by atoms with Crippen LogP contribution in [0.5, 0.6) is 5.75 Å². The van der Waals surface area contributed by atoms with Crippen LogP contribution in [0.4, 0.5) is 0 Å². The summed E-state index contributed by atoms with van der Waals surface area (Å²) in [7, 11) is -5.84. The first-order valence-corrected chi connectivity index (χ1v) is 11.4. The van der Waals surface area contributed by atoms with Gasteiger partial charge in [-0.2, -0.15) is 0 Å². The second-order valence-corrected chi connectivity index (χ2v) is 9.95. The first-order valence-electron chi connectivity index (χ1n) is 7.77. The summed E-state index contributed by atoms with van der Waals surface area (Å²) >= 11 is 0. The smallest absolute Gasteiger partial charge is 0.340 e. The molecule has 0 radical (unpaired) electrons. The minimum Gasteiger partial charge on any atom is -0.497 e. The van der Waals surface area contributed by atoms with E-state index in [2.05, 4.69) is 0 Å². The standard InChI is InChI=1S/C15H26O7P2/c1-5-20-23(17,12-24(18,21-6-2)22-7-3)15(16)13-8-10-14(19-4)11-9-13/h8-11,15-16H,5-7,12H2,1-4H3. The summed E-state index contributed by atoms with van der Waals surface area (Å²) in [6.07, 6.45) is 0. The van der Waals surface area contributed by atoms with Crippen LogP contribution in [-0.4, -0.2) is 37.9 Å². The van der Waals surface area contributed by atoms with Crippen molar-refractivity contribution in [2.75, 3.05) is 32.8 Å². The molecule has 9 heteroatoms. The van der Waals surface area contributed by atoms with E-state index in [-0.39, 0.29) is 19.8 Å². The van der Waals surface area contributed by atoms with Crippen LogP contribution >= 0.6 is 15.0 Å². The highest BCUT2D eigenvalue weighted by molar-refractivity contribution is 7.74. The molecule has 7 nitrogen and oxygen atoms in total. The van der Waals surface area contributed by atoms with Crippen molar-refractivity contribution in [3.05, 3.63) is 29.8 Å². The van der Waals surface area contributed by atoms with E-state index in [4.69, 9.17) is 18.3 Å². The molecule has 1 aromatic rings. The molecule has 138 valence electrons. The Hall–Kier alpha value is -0.680. The van der Waals surface area contributed by atoms with Crippen molar-refractivity contribution in [2.45, 2.75) is 26.6 Å². The summed E-state index contributed by atoms with van der Waals surface area (Å²) < 4.78 is 46.7. The third kappa shape index (κ3) is 5.69. The van der Waals surface area contributed by atoms with Gasteiger partial charge in [0.15, 0.2) is 5.85 Å². The average Bonchev–Trinajstić information content (AvgIpc) is 2.54. The quantitative estimate of drug-likeness (QED) is 0.575. The number of rotatable bonds is 11. The molecular formula is C15H26O7P2. The highest BCUT2D eigenvalue weighted by Crippen LogP contribution is 2.69. The maximum atomic E-state index is 13.2. The summed E-state index contributed by atoms with van der Waals surface area (Å²) in [6.45, 7) is 5.36. The van der Waals surface area contributed by atoms with Gasteiger partial charge < -0.3 is 23.4 Å². The Labute approximate surface area is 143 Å². The molecule has 24 heavy (non-hydrogen) atoms. The van der Waals surface area contributed by atoms with Crippen molar-refractivity contribution in [3.8, 4) is 5.75 Å². The van der Waals surface area contributed by atoms with Gasteiger partial charge in [-0.05, 0) is 38.5 Å². The Kier molecular flexibility index (Phi) is 8.65. The molecule has 1 aromatic carbocycles. The van der Waals surface area contributed by atoms with E-state index < -0.39 is 26.7 Å². The molecule has 1 N–H and O–H groups in total. The minimum absolute atomic E-state index is 0.0999. The van der Waals surface area contributed by atoms with Gasteiger partial charge in [0.2, 0.25) is 7.37 Å². The second-order valence-electron chi connectivity index (χ2n) is 4.88. The van der Waals surface area contributed by atoms with Crippen molar-refractivity contribution >= 4 is 15.0 Å². The van der Waals surface area contributed by atoms with Gasteiger partial charge >= 0.3 is 7.60 Å². The lowest BCUT2D eigenvalue weighted by Gasteiger charge is -2.27. The second kappa shape index (κ2) is 9.71. The predicted octanol–water partition coefficient (Wildman–Crippen LogP) is 4.22. The molecule has 0 aromatic heterocycles. The van der Waals surface area contributed by atoms with Gasteiger partial charge in [0.1, 0.15) is 11.7 Å². The molecule has 2 unspecified atom stereocenters. The van der Waals surface area contributed by atoms with Gasteiger partial charge in [0.25, 0.3) is 0 Å². The fraction of sp³-hybridized carbons (Fsp3) is 0.600. The molecule has 0 fully saturated rings. The van der Waals surface area contributed by atoms with E-state index in [1.165, 1.54) is 7.11 Å². The van der Waals surface area contributed by atoms with Gasteiger partial charge in [-0.3, -0.25) is 9.13 Å². The fourth-order valence-electron chi connectivity index (χ4n) is 2.16. The van der Waals surface area contributed by atoms with Crippen LogP contribution in [0.2, 0.25) is 0 Å². The third-order valence-corrected chi connectivity index (χ3v) is 9.16. The number of hydrogen-bond acceptors (Lipinski definition) is 7. The number of aliphatic hydroxyl groups excluding tert-OH is 1. The first-order chi connectivity index (χ1) is 11.3. The molecular weight excluding hydrogens is 354 g/mol. The molecule has 0 saturated carbocycles. The number of hydrogen-bond donors (Lipinski definition) is 1. The van der Waals surface area contributed by atoms with Gasteiger partial charge in [0.05, 0.1) is 26.9 Å². The Morgan fingerprint density at radius 1 is 0.958 bits per heavy atom. The van der Waals surface area contributed by atoms with Crippen LogP contribution in [-0.2, 0) is 22.7 Å². The van der Waals surface area contributed by atoms with Gasteiger partial charge in [0, 0.05) is 0 Å². The topological polar surface area (TPSA) is 91.3 Å². The number of ether oxygens (including phenoxy) is 1. The predicted molar refractivity (Wildman–Crippen MR) is 92.9 cm³/mol. The summed E-state index contributed by atoms with van der Waals surface area (Å²) in [5.41, 5.74) is 0.382. The van der Waals surface area contributed by atoms with Crippen molar-refractivity contribution in [3.63, 3.8) is 0 Å². The zero-order valence-corrected chi connectivity index (χ0v) is 16.3. The maximum Gasteiger partial charge on any atom is 0.340 e. The summed E-state index contributed by atoms with van der Waals surface area (Å²) in [4.78, 5) is 0. The van der Waals surface area contributed by atoms with E-state index in [0.717, 1.165) is 0 Å². The number of aliphatic hydroxyl groups is 1. The lowest BCUT2D eigenvalue weighted by Crippen LogP contribution is -2.09. The maximum absolute atomic E-state index is 13.2. The highest BCUT2D eigenvalue weighted by atomic mass is 31.2. The molecule has 0 spiro atoms. The van der Waals surface area contributed by atoms with Crippen LogP contribution in [0.1, 0.15) is 32.2 Å². The first kappa shape index (κ1) is 21.4. The van der Waals surface area contributed by atoms with Crippen LogP contribution in [0.15, 0.2) is 24.3 Å². The Morgan fingerprint density at radius 2 is 1.46 bits per heavy atom. The monoisotopic (exact) mass is 380 g/mol. The van der Waals surface area contributed by atoms with E-state index in [1.807, 2.05) is 0 Å². The van der Waals surface area contributed by atoms with Gasteiger partial charge in [-0.25, -0.2) is 0 Å². The molecule has 0 aliphatic carbocycles. The lowest BCUT2D eigenvalue weighted by atomic mass is 10.2. The van der Waals surface area contributed by atoms with Crippen LogP contribution in [0, 0.1) is 0 Å². The number of benzene rings is 1. The molecule has 0 bridgehead atoms. The molecule has 0 aliphatic rings. The lowest BCUT2D eigenvalue weighted by molar-refractivity contribution is 0.205. The minimum atomic E-state index is -3.74. The van der Waals surface area contributed by atoms with Crippen molar-refractivity contribution in [1.82, 2.24) is 0 Å². The summed E-state index contributed by atoms with van der Waals surface area (Å²) in [6, 6.07) is 6.45. The molecule has 0 heterocycles. The van der Waals surface area contributed by atoms with Crippen molar-refractivity contribution < 1.29 is 32.5 Å². The van der Waals surface area contributed by atoms with E-state index in [9.17, 15) is 14.2 Å². The van der Waals surface area contributed by atoms with Crippen LogP contribution < -0.4 is 4.74 Å². The third-order valence-electron chi connectivity index (χ3n) is 3.16. The molecule has 0 amide bonds.